The smallest absolute Gasteiger partial charge is 0.330 e. The van der Waals surface area contributed by atoms with Crippen LogP contribution in [0.2, 0.25) is 0 Å². The molecule has 3 aromatic heterocycles. The molecule has 1 aromatic carbocycles. The molecule has 0 fully saturated rings. The molecule has 156 valence electrons. The van der Waals surface area contributed by atoms with Crippen LogP contribution in [0.15, 0.2) is 59.5 Å². The number of fused-ring (bicyclic) bond motifs is 1. The minimum absolute atomic E-state index is 0.0284. The number of nitrogens with zero attached hydrogens (tertiary/aromatic N) is 5. The van der Waals surface area contributed by atoms with Crippen LogP contribution in [0.3, 0.4) is 0 Å². The van der Waals surface area contributed by atoms with Crippen molar-refractivity contribution in [3.8, 4) is 29.0 Å². The van der Waals surface area contributed by atoms with Crippen LogP contribution < -0.4 is 10.4 Å². The number of imidazole rings is 1. The first-order valence-electron chi connectivity index (χ1n) is 9.96. The van der Waals surface area contributed by atoms with Crippen molar-refractivity contribution in [1.29, 1.82) is 5.26 Å². The van der Waals surface area contributed by atoms with Crippen molar-refractivity contribution >= 4 is 11.2 Å². The molecule has 0 bridgehead atoms. The van der Waals surface area contributed by atoms with Crippen molar-refractivity contribution < 1.29 is 4.74 Å². The molecular weight excluding hydrogens is 390 g/mol. The first kappa shape index (κ1) is 20.4. The molecule has 0 aliphatic rings. The predicted molar refractivity (Wildman–Crippen MR) is 119 cm³/mol. The normalized spacial score (nSPS) is 11.5. The molecule has 3 heterocycles. The molecule has 4 aromatic rings. The summed E-state index contributed by atoms with van der Waals surface area (Å²) in [7, 11) is 1.74. The lowest BCUT2D eigenvalue weighted by Crippen LogP contribution is -2.27. The molecule has 4 rings (SSSR count). The Morgan fingerprint density at radius 3 is 2.68 bits per heavy atom. The Morgan fingerprint density at radius 2 is 1.94 bits per heavy atom. The van der Waals surface area contributed by atoms with Crippen LogP contribution in [0.25, 0.3) is 22.4 Å². The molecule has 0 spiro atoms. The second-order valence-electron chi connectivity index (χ2n) is 8.65. The highest BCUT2D eigenvalue weighted by Crippen LogP contribution is 2.27. The number of hydrogen-bond acceptors (Lipinski definition) is 5. The molecule has 0 amide bonds. The van der Waals surface area contributed by atoms with E-state index in [-0.39, 0.29) is 11.1 Å². The van der Waals surface area contributed by atoms with Gasteiger partial charge in [-0.15, -0.1) is 0 Å². The molecule has 7 nitrogen and oxygen atoms in total. The summed E-state index contributed by atoms with van der Waals surface area (Å²) in [6.07, 6.45) is 1.54. The van der Waals surface area contributed by atoms with Gasteiger partial charge in [-0.05, 0) is 35.7 Å². The van der Waals surface area contributed by atoms with Gasteiger partial charge in [0, 0.05) is 31.4 Å². The van der Waals surface area contributed by atoms with Crippen molar-refractivity contribution in [3.05, 3.63) is 70.8 Å². The fraction of sp³-hybridized carbons (Fsp3) is 0.250. The van der Waals surface area contributed by atoms with Gasteiger partial charge in [0.1, 0.15) is 5.75 Å². The van der Waals surface area contributed by atoms with Crippen LogP contribution in [-0.2, 0) is 13.6 Å². The van der Waals surface area contributed by atoms with Gasteiger partial charge in [-0.3, -0.25) is 9.13 Å². The molecule has 31 heavy (non-hydrogen) atoms. The fourth-order valence-electron chi connectivity index (χ4n) is 3.44. The van der Waals surface area contributed by atoms with Crippen LogP contribution >= 0.6 is 0 Å². The van der Waals surface area contributed by atoms with E-state index in [1.165, 1.54) is 6.20 Å². The standard InChI is InChI=1S/C24H23N5O2/c1-24(2,3)15-29-20-9-8-19(27-22(20)28(4)23(29)30)17-6-5-7-18(13-17)31-21-12-16(14-25)10-11-26-21/h5-13H,15H2,1-4H3. The number of aryl methyl sites for hydroxylation is 1. The Labute approximate surface area is 180 Å². The average Bonchev–Trinajstić information content (AvgIpc) is 2.97. The summed E-state index contributed by atoms with van der Waals surface area (Å²) in [6.45, 7) is 6.93. The SMILES string of the molecule is Cn1c(=O)n(CC(C)(C)C)c2ccc(-c3cccc(Oc4cc(C#N)ccn4)c3)nc21. The zero-order valence-electron chi connectivity index (χ0n) is 18.0. The lowest BCUT2D eigenvalue weighted by molar-refractivity contribution is 0.342. The highest BCUT2D eigenvalue weighted by Gasteiger charge is 2.19. The highest BCUT2D eigenvalue weighted by atomic mass is 16.5. The topological polar surface area (TPSA) is 85.7 Å². The first-order chi connectivity index (χ1) is 14.7. The van der Waals surface area contributed by atoms with Gasteiger partial charge in [0.15, 0.2) is 5.65 Å². The van der Waals surface area contributed by atoms with Crippen LogP contribution in [0, 0.1) is 16.7 Å². The van der Waals surface area contributed by atoms with E-state index in [9.17, 15) is 4.79 Å². The van der Waals surface area contributed by atoms with Crippen LogP contribution in [0.4, 0.5) is 0 Å². The Morgan fingerprint density at radius 1 is 1.13 bits per heavy atom. The third-order valence-corrected chi connectivity index (χ3v) is 4.83. The maximum atomic E-state index is 12.8. The van der Waals surface area contributed by atoms with E-state index in [0.717, 1.165) is 16.8 Å². The Kier molecular flexibility index (Phi) is 5.07. The average molecular weight is 413 g/mol. The van der Waals surface area contributed by atoms with Gasteiger partial charge in [-0.1, -0.05) is 32.9 Å². The van der Waals surface area contributed by atoms with E-state index in [1.54, 1.807) is 28.3 Å². The number of nitriles is 1. The second-order valence-corrected chi connectivity index (χ2v) is 8.65. The van der Waals surface area contributed by atoms with Gasteiger partial charge in [-0.2, -0.15) is 5.26 Å². The highest BCUT2D eigenvalue weighted by molar-refractivity contribution is 5.76. The van der Waals surface area contributed by atoms with Crippen molar-refractivity contribution in [2.24, 2.45) is 12.5 Å². The van der Waals surface area contributed by atoms with E-state index < -0.39 is 0 Å². The number of pyridine rings is 2. The Hall–Kier alpha value is -3.92. The Bertz CT molecular complexity index is 1370. The number of ether oxygens (including phenoxy) is 1. The quantitative estimate of drug-likeness (QED) is 0.491. The van der Waals surface area contributed by atoms with Gasteiger partial charge in [-0.25, -0.2) is 14.8 Å². The summed E-state index contributed by atoms with van der Waals surface area (Å²) in [5.74, 6) is 0.933. The van der Waals surface area contributed by atoms with Gasteiger partial charge in [0.2, 0.25) is 5.88 Å². The molecular formula is C24H23N5O2. The number of rotatable bonds is 4. The Balaban J connectivity index is 1.71. The fourth-order valence-corrected chi connectivity index (χ4v) is 3.44. The largest absolute Gasteiger partial charge is 0.439 e. The summed E-state index contributed by atoms with van der Waals surface area (Å²) in [5.41, 5.74) is 3.42. The summed E-state index contributed by atoms with van der Waals surface area (Å²) in [6, 6.07) is 16.6. The minimum Gasteiger partial charge on any atom is -0.439 e. The van der Waals surface area contributed by atoms with Crippen molar-refractivity contribution in [2.45, 2.75) is 27.3 Å². The number of hydrogen-bond donors (Lipinski definition) is 0. The van der Waals surface area contributed by atoms with Gasteiger partial charge in [0.05, 0.1) is 22.8 Å². The van der Waals surface area contributed by atoms with E-state index in [0.29, 0.717) is 29.4 Å². The lowest BCUT2D eigenvalue weighted by atomic mass is 9.97. The van der Waals surface area contributed by atoms with E-state index in [4.69, 9.17) is 15.0 Å². The van der Waals surface area contributed by atoms with Crippen LogP contribution in [0.5, 0.6) is 11.6 Å². The molecule has 0 atom stereocenters. The zero-order valence-corrected chi connectivity index (χ0v) is 18.0. The zero-order chi connectivity index (χ0) is 22.2. The third kappa shape index (κ3) is 4.19. The van der Waals surface area contributed by atoms with Crippen molar-refractivity contribution in [3.63, 3.8) is 0 Å². The van der Waals surface area contributed by atoms with Crippen molar-refractivity contribution in [2.75, 3.05) is 0 Å². The molecule has 0 radical (unpaired) electrons. The van der Waals surface area contributed by atoms with Gasteiger partial charge in [0.25, 0.3) is 0 Å². The molecule has 7 heteroatoms. The summed E-state index contributed by atoms with van der Waals surface area (Å²) >= 11 is 0. The number of aromatic nitrogens is 4. The predicted octanol–water partition coefficient (Wildman–Crippen LogP) is 4.51. The van der Waals surface area contributed by atoms with E-state index >= 15 is 0 Å². The summed E-state index contributed by atoms with van der Waals surface area (Å²) in [5, 5.41) is 9.05. The molecule has 0 unspecified atom stereocenters. The molecule has 0 N–H and O–H groups in total. The summed E-state index contributed by atoms with van der Waals surface area (Å²) < 4.78 is 9.19. The van der Waals surface area contributed by atoms with E-state index in [1.807, 2.05) is 36.4 Å². The van der Waals surface area contributed by atoms with E-state index in [2.05, 4.69) is 31.8 Å². The van der Waals surface area contributed by atoms with Gasteiger partial charge < -0.3 is 4.74 Å². The van der Waals surface area contributed by atoms with Gasteiger partial charge >= 0.3 is 5.69 Å². The molecule has 0 saturated heterocycles. The minimum atomic E-state index is -0.0740. The molecule has 0 aliphatic carbocycles. The maximum Gasteiger partial charge on any atom is 0.330 e. The van der Waals surface area contributed by atoms with Crippen LogP contribution in [0.1, 0.15) is 26.3 Å². The summed E-state index contributed by atoms with van der Waals surface area (Å²) in [4.78, 5) is 21.7. The monoisotopic (exact) mass is 413 g/mol. The maximum absolute atomic E-state index is 12.8. The van der Waals surface area contributed by atoms with Crippen molar-refractivity contribution in [1.82, 2.24) is 19.1 Å². The first-order valence-corrected chi connectivity index (χ1v) is 9.96. The molecule has 0 saturated carbocycles. The van der Waals surface area contributed by atoms with Crippen LogP contribution in [-0.4, -0.2) is 19.1 Å². The third-order valence-electron chi connectivity index (χ3n) is 4.83. The molecule has 0 aliphatic heterocycles. The lowest BCUT2D eigenvalue weighted by Gasteiger charge is -2.18. The second kappa shape index (κ2) is 7.73. The number of benzene rings is 1.